The maximum Gasteiger partial charge on any atom is 0.328 e. The van der Waals surface area contributed by atoms with E-state index in [9.17, 15) is 14.4 Å². The number of rotatable bonds is 10. The first-order chi connectivity index (χ1) is 12.8. The Bertz CT molecular complexity index is 633. The molecule has 2 N–H and O–H groups in total. The number of ether oxygens (including phenoxy) is 2. The van der Waals surface area contributed by atoms with E-state index in [1.807, 2.05) is 13.8 Å². The van der Waals surface area contributed by atoms with Gasteiger partial charge in [-0.25, -0.2) is 4.79 Å². The number of anilines is 1. The minimum absolute atomic E-state index is 0.0139. The highest BCUT2D eigenvalue weighted by Crippen LogP contribution is 2.14. The molecular formula is C19H29N3O5. The third kappa shape index (κ3) is 7.65. The van der Waals surface area contributed by atoms with Gasteiger partial charge in [0, 0.05) is 5.69 Å². The second-order valence-corrected chi connectivity index (χ2v) is 6.40. The number of carbonyl (C=O) groups is 3. The van der Waals surface area contributed by atoms with E-state index < -0.39 is 12.0 Å². The summed E-state index contributed by atoms with van der Waals surface area (Å²) in [6.07, 6.45) is 0.722. The Labute approximate surface area is 160 Å². The number of carbonyl (C=O) groups excluding carboxylic acids is 3. The van der Waals surface area contributed by atoms with Gasteiger partial charge in [-0.1, -0.05) is 20.3 Å². The number of methoxy groups -OCH3 is 2. The minimum Gasteiger partial charge on any atom is -0.497 e. The first-order valence-electron chi connectivity index (χ1n) is 8.80. The van der Waals surface area contributed by atoms with Crippen LogP contribution >= 0.6 is 0 Å². The van der Waals surface area contributed by atoms with Crippen molar-refractivity contribution < 1.29 is 23.9 Å². The SMILES string of the molecule is CC[C@@H](C)[C@H](NC(=O)CN(C)CC(=O)Nc1ccc(OC)cc1)C(=O)OC. The number of hydrogen-bond acceptors (Lipinski definition) is 6. The van der Waals surface area contributed by atoms with Gasteiger partial charge < -0.3 is 20.1 Å². The van der Waals surface area contributed by atoms with Crippen molar-refractivity contribution in [3.63, 3.8) is 0 Å². The summed E-state index contributed by atoms with van der Waals surface area (Å²) in [5, 5.41) is 5.44. The second kappa shape index (κ2) is 11.2. The highest BCUT2D eigenvalue weighted by Gasteiger charge is 2.27. The van der Waals surface area contributed by atoms with Gasteiger partial charge in [-0.3, -0.25) is 14.5 Å². The van der Waals surface area contributed by atoms with Crippen molar-refractivity contribution >= 4 is 23.5 Å². The molecule has 150 valence electrons. The van der Waals surface area contributed by atoms with Crippen LogP contribution in [0.2, 0.25) is 0 Å². The lowest BCUT2D eigenvalue weighted by molar-refractivity contribution is -0.146. The number of likely N-dealkylation sites (N-methyl/N-ethyl adjacent to an activating group) is 1. The summed E-state index contributed by atoms with van der Waals surface area (Å²) in [7, 11) is 4.52. The Morgan fingerprint density at radius 3 is 2.19 bits per heavy atom. The normalized spacial score (nSPS) is 12.8. The zero-order valence-corrected chi connectivity index (χ0v) is 16.6. The third-order valence-electron chi connectivity index (χ3n) is 4.19. The van der Waals surface area contributed by atoms with Crippen molar-refractivity contribution in [3.05, 3.63) is 24.3 Å². The Balaban J connectivity index is 2.51. The van der Waals surface area contributed by atoms with E-state index in [1.165, 1.54) is 7.11 Å². The van der Waals surface area contributed by atoms with Crippen LogP contribution in [0.4, 0.5) is 5.69 Å². The van der Waals surface area contributed by atoms with Crippen LogP contribution in [0.25, 0.3) is 0 Å². The van der Waals surface area contributed by atoms with E-state index >= 15 is 0 Å². The lowest BCUT2D eigenvalue weighted by Crippen LogP contribution is -2.49. The van der Waals surface area contributed by atoms with Crippen LogP contribution in [0.1, 0.15) is 20.3 Å². The highest BCUT2D eigenvalue weighted by molar-refractivity contribution is 5.92. The second-order valence-electron chi connectivity index (χ2n) is 6.40. The molecule has 1 aromatic rings. The summed E-state index contributed by atoms with van der Waals surface area (Å²) in [5.41, 5.74) is 0.640. The average Bonchev–Trinajstić information content (AvgIpc) is 2.65. The van der Waals surface area contributed by atoms with Gasteiger partial charge in [-0.05, 0) is 37.2 Å². The van der Waals surface area contributed by atoms with Gasteiger partial charge in [0.1, 0.15) is 11.8 Å². The van der Waals surface area contributed by atoms with Crippen LogP contribution in [0, 0.1) is 5.92 Å². The maximum atomic E-state index is 12.2. The van der Waals surface area contributed by atoms with Gasteiger partial charge in [0.2, 0.25) is 11.8 Å². The van der Waals surface area contributed by atoms with Crippen LogP contribution < -0.4 is 15.4 Å². The number of nitrogens with one attached hydrogen (secondary N) is 2. The molecule has 0 unspecified atom stereocenters. The Morgan fingerprint density at radius 1 is 1.07 bits per heavy atom. The topological polar surface area (TPSA) is 97.0 Å². The molecule has 0 saturated heterocycles. The molecule has 0 bridgehead atoms. The summed E-state index contributed by atoms with van der Waals surface area (Å²) < 4.78 is 9.81. The van der Waals surface area contributed by atoms with E-state index in [4.69, 9.17) is 9.47 Å². The molecule has 0 aliphatic heterocycles. The van der Waals surface area contributed by atoms with E-state index in [1.54, 1.807) is 43.3 Å². The largest absolute Gasteiger partial charge is 0.497 e. The molecule has 0 heterocycles. The van der Waals surface area contributed by atoms with E-state index in [0.717, 1.165) is 6.42 Å². The smallest absolute Gasteiger partial charge is 0.328 e. The molecule has 0 fully saturated rings. The summed E-state index contributed by atoms with van der Waals surface area (Å²) >= 11 is 0. The lowest BCUT2D eigenvalue weighted by Gasteiger charge is -2.23. The fourth-order valence-electron chi connectivity index (χ4n) is 2.44. The monoisotopic (exact) mass is 379 g/mol. The maximum absolute atomic E-state index is 12.2. The van der Waals surface area contributed by atoms with Crippen LogP contribution in [-0.4, -0.2) is 63.1 Å². The number of amides is 2. The molecule has 8 nitrogen and oxygen atoms in total. The van der Waals surface area contributed by atoms with Crippen molar-refractivity contribution in [2.45, 2.75) is 26.3 Å². The Kier molecular flexibility index (Phi) is 9.29. The summed E-state index contributed by atoms with van der Waals surface area (Å²) in [6.45, 7) is 3.82. The van der Waals surface area contributed by atoms with Gasteiger partial charge >= 0.3 is 5.97 Å². The molecule has 2 amide bonds. The van der Waals surface area contributed by atoms with E-state index in [2.05, 4.69) is 10.6 Å². The predicted molar refractivity (Wildman–Crippen MR) is 103 cm³/mol. The number of benzene rings is 1. The first kappa shape index (κ1) is 22.4. The molecule has 8 heteroatoms. The van der Waals surface area contributed by atoms with Gasteiger partial charge in [0.25, 0.3) is 0 Å². The fourth-order valence-corrected chi connectivity index (χ4v) is 2.44. The molecule has 0 aliphatic rings. The van der Waals surface area contributed by atoms with Crippen molar-refractivity contribution in [3.8, 4) is 5.75 Å². The van der Waals surface area contributed by atoms with Crippen LogP contribution in [-0.2, 0) is 19.1 Å². The molecule has 0 aliphatic carbocycles. The molecule has 0 aromatic heterocycles. The van der Waals surface area contributed by atoms with Gasteiger partial charge in [0.05, 0.1) is 27.3 Å². The third-order valence-corrected chi connectivity index (χ3v) is 4.19. The standard InChI is InChI=1S/C19H29N3O5/c1-6-13(2)18(19(25)27-5)21-17(24)12-22(3)11-16(23)20-14-7-9-15(26-4)10-8-14/h7-10,13,18H,6,11-12H2,1-5H3,(H,20,23)(H,21,24)/t13-,18+/m1/s1. The molecule has 0 saturated carbocycles. The van der Waals surface area contributed by atoms with Crippen LogP contribution in [0.15, 0.2) is 24.3 Å². The molecule has 0 radical (unpaired) electrons. The van der Waals surface area contributed by atoms with Crippen molar-refractivity contribution in [2.75, 3.05) is 39.7 Å². The predicted octanol–water partition coefficient (Wildman–Crippen LogP) is 1.27. The first-order valence-corrected chi connectivity index (χ1v) is 8.80. The number of hydrogen-bond donors (Lipinski definition) is 2. The molecule has 1 aromatic carbocycles. The molecule has 0 spiro atoms. The molecule has 1 rings (SSSR count). The summed E-state index contributed by atoms with van der Waals surface area (Å²) in [6, 6.07) is 6.25. The van der Waals surface area contributed by atoms with Crippen LogP contribution in [0.3, 0.4) is 0 Å². The quantitative estimate of drug-likeness (QED) is 0.594. The van der Waals surface area contributed by atoms with Gasteiger partial charge in [0.15, 0.2) is 0 Å². The number of esters is 1. The summed E-state index contributed by atoms with van der Waals surface area (Å²) in [4.78, 5) is 37.7. The number of nitrogens with zero attached hydrogens (tertiary/aromatic N) is 1. The van der Waals surface area contributed by atoms with Crippen molar-refractivity contribution in [1.29, 1.82) is 0 Å². The van der Waals surface area contributed by atoms with Crippen molar-refractivity contribution in [2.24, 2.45) is 5.92 Å². The summed E-state index contributed by atoms with van der Waals surface area (Å²) in [5.74, 6) is -0.418. The Morgan fingerprint density at radius 2 is 1.67 bits per heavy atom. The van der Waals surface area contributed by atoms with E-state index in [-0.39, 0.29) is 30.8 Å². The zero-order chi connectivity index (χ0) is 20.4. The van der Waals surface area contributed by atoms with Gasteiger partial charge in [-0.15, -0.1) is 0 Å². The lowest BCUT2D eigenvalue weighted by atomic mass is 9.99. The van der Waals surface area contributed by atoms with Crippen LogP contribution in [0.5, 0.6) is 5.75 Å². The van der Waals surface area contributed by atoms with Gasteiger partial charge in [-0.2, -0.15) is 0 Å². The average molecular weight is 379 g/mol. The molecule has 2 atom stereocenters. The zero-order valence-electron chi connectivity index (χ0n) is 16.6. The highest BCUT2D eigenvalue weighted by atomic mass is 16.5. The molecular weight excluding hydrogens is 350 g/mol. The molecule has 27 heavy (non-hydrogen) atoms. The Hall–Kier alpha value is -2.61. The van der Waals surface area contributed by atoms with Crippen molar-refractivity contribution in [1.82, 2.24) is 10.2 Å². The fraction of sp³-hybridized carbons (Fsp3) is 0.526. The van der Waals surface area contributed by atoms with E-state index in [0.29, 0.717) is 11.4 Å². The minimum atomic E-state index is -0.700.